The van der Waals surface area contributed by atoms with Crippen LogP contribution in [0.4, 0.5) is 17.1 Å². The quantitative estimate of drug-likeness (QED) is 0.151. The van der Waals surface area contributed by atoms with Crippen molar-refractivity contribution in [1.29, 1.82) is 0 Å². The molecule has 0 atom stereocenters. The van der Waals surface area contributed by atoms with E-state index in [9.17, 15) is 0 Å². The Balaban J connectivity index is 1.02. The van der Waals surface area contributed by atoms with E-state index < -0.39 is 0 Å². The van der Waals surface area contributed by atoms with Crippen LogP contribution >= 0.6 is 11.3 Å². The Kier molecular flexibility index (Phi) is 9.40. The van der Waals surface area contributed by atoms with Crippen LogP contribution in [0.5, 0.6) is 0 Å². The molecule has 2 aromatic heterocycles. The minimum Gasteiger partial charge on any atom is -0.456 e. The van der Waals surface area contributed by atoms with Crippen molar-refractivity contribution in [3.05, 3.63) is 249 Å². The number of thiophene rings is 1. The predicted octanol–water partition coefficient (Wildman–Crippen LogP) is 18.9. The van der Waals surface area contributed by atoms with Gasteiger partial charge in [0, 0.05) is 26.5 Å². The maximum Gasteiger partial charge on any atom is 0.138 e. The first kappa shape index (κ1) is 38.9. The normalized spacial score (nSPS) is 11.6. The molecule has 0 aliphatic heterocycles. The molecule has 2 nitrogen and oxygen atoms in total. The molecule has 2 heterocycles. The Morgan fingerprint density at radius 2 is 0.776 bits per heavy atom. The Bertz CT molecular complexity index is 3890. The van der Waals surface area contributed by atoms with Crippen molar-refractivity contribution < 1.29 is 4.42 Å². The first-order valence-electron chi connectivity index (χ1n) is 22.8. The van der Waals surface area contributed by atoms with Crippen LogP contribution in [0.25, 0.3) is 109 Å². The summed E-state index contributed by atoms with van der Waals surface area (Å²) in [7, 11) is 0. The lowest BCUT2D eigenvalue weighted by Gasteiger charge is -2.27. The van der Waals surface area contributed by atoms with Crippen molar-refractivity contribution >= 4 is 81.3 Å². The van der Waals surface area contributed by atoms with E-state index in [0.29, 0.717) is 0 Å². The Morgan fingerprint density at radius 3 is 1.40 bits per heavy atom. The highest BCUT2D eigenvalue weighted by atomic mass is 32.1. The van der Waals surface area contributed by atoms with Crippen molar-refractivity contribution in [2.24, 2.45) is 0 Å². The summed E-state index contributed by atoms with van der Waals surface area (Å²) in [5, 5.41) is 7.03. The van der Waals surface area contributed by atoms with Crippen LogP contribution in [0.1, 0.15) is 0 Å². The van der Waals surface area contributed by atoms with Gasteiger partial charge in [-0.3, -0.25) is 0 Å². The molecule has 13 aromatic rings. The third-order valence-corrected chi connectivity index (χ3v) is 14.4. The largest absolute Gasteiger partial charge is 0.456 e. The van der Waals surface area contributed by atoms with Crippen molar-refractivity contribution in [3.8, 4) is 55.6 Å². The fraction of sp³-hybridized carbons (Fsp3) is 0. The van der Waals surface area contributed by atoms with Crippen molar-refractivity contribution in [2.75, 3.05) is 4.90 Å². The zero-order valence-corrected chi connectivity index (χ0v) is 37.3. The zero-order chi connectivity index (χ0) is 44.3. The Morgan fingerprint density at radius 1 is 0.299 bits per heavy atom. The lowest BCUT2D eigenvalue weighted by molar-refractivity contribution is 0.669. The van der Waals surface area contributed by atoms with E-state index in [1.54, 1.807) is 0 Å². The lowest BCUT2D eigenvalue weighted by Crippen LogP contribution is -2.10. The minimum atomic E-state index is 0.847. The molecule has 0 bridgehead atoms. The van der Waals surface area contributed by atoms with Gasteiger partial charge in [0.15, 0.2) is 0 Å². The molecule has 13 rings (SSSR count). The highest BCUT2D eigenvalue weighted by Gasteiger charge is 2.24. The van der Waals surface area contributed by atoms with Crippen LogP contribution in [0.15, 0.2) is 253 Å². The predicted molar refractivity (Wildman–Crippen MR) is 286 cm³/mol. The van der Waals surface area contributed by atoms with E-state index in [0.717, 1.165) is 61.1 Å². The van der Waals surface area contributed by atoms with E-state index in [1.807, 2.05) is 11.3 Å². The molecule has 0 N–H and O–H groups in total. The second-order valence-electron chi connectivity index (χ2n) is 17.3. The molecule has 0 saturated heterocycles. The summed E-state index contributed by atoms with van der Waals surface area (Å²) in [6.07, 6.45) is 0. The molecular weight excluding hydrogens is 831 g/mol. The summed E-state index contributed by atoms with van der Waals surface area (Å²) < 4.78 is 9.49. The molecule has 67 heavy (non-hydrogen) atoms. The van der Waals surface area contributed by atoms with Gasteiger partial charge in [-0.15, -0.1) is 11.3 Å². The van der Waals surface area contributed by atoms with E-state index in [4.69, 9.17) is 4.42 Å². The third-order valence-electron chi connectivity index (χ3n) is 13.2. The first-order chi connectivity index (χ1) is 33.2. The molecule has 0 aliphatic carbocycles. The molecule has 0 saturated carbocycles. The number of rotatable bonds is 8. The molecular formula is C64H41NOS. The molecule has 314 valence electrons. The summed E-state index contributed by atoms with van der Waals surface area (Å²) >= 11 is 1.85. The number of fused-ring (bicyclic) bond motifs is 7. The van der Waals surface area contributed by atoms with Crippen LogP contribution in [0, 0.1) is 0 Å². The number of anilines is 3. The lowest BCUT2D eigenvalue weighted by atomic mass is 9.92. The van der Waals surface area contributed by atoms with E-state index in [1.165, 1.54) is 64.5 Å². The Labute approximate surface area is 392 Å². The zero-order valence-electron chi connectivity index (χ0n) is 36.4. The number of hydrogen-bond acceptors (Lipinski definition) is 3. The first-order valence-corrected chi connectivity index (χ1v) is 23.6. The van der Waals surface area contributed by atoms with Crippen LogP contribution < -0.4 is 4.90 Å². The highest BCUT2D eigenvalue weighted by Crippen LogP contribution is 2.50. The minimum absolute atomic E-state index is 0.847. The maximum absolute atomic E-state index is 6.98. The van der Waals surface area contributed by atoms with Crippen LogP contribution in [0.2, 0.25) is 0 Å². The van der Waals surface area contributed by atoms with Gasteiger partial charge < -0.3 is 9.32 Å². The van der Waals surface area contributed by atoms with Gasteiger partial charge in [-0.1, -0.05) is 182 Å². The third kappa shape index (κ3) is 6.96. The summed E-state index contributed by atoms with van der Waals surface area (Å²) in [6, 6.07) is 90.2. The van der Waals surface area contributed by atoms with Crippen molar-refractivity contribution in [2.45, 2.75) is 0 Å². The smallest absolute Gasteiger partial charge is 0.138 e. The van der Waals surface area contributed by atoms with Gasteiger partial charge in [0.2, 0.25) is 0 Å². The summed E-state index contributed by atoms with van der Waals surface area (Å²) in [6.45, 7) is 0. The number of furan rings is 1. The monoisotopic (exact) mass is 871 g/mol. The van der Waals surface area contributed by atoms with Gasteiger partial charge in [0.05, 0.1) is 21.5 Å². The van der Waals surface area contributed by atoms with E-state index >= 15 is 0 Å². The molecule has 0 aliphatic rings. The average Bonchev–Trinajstić information content (AvgIpc) is 3.97. The van der Waals surface area contributed by atoms with Gasteiger partial charge in [0.25, 0.3) is 0 Å². The fourth-order valence-corrected chi connectivity index (χ4v) is 11.1. The molecule has 3 heteroatoms. The second-order valence-corrected chi connectivity index (χ2v) is 18.3. The number of nitrogens with zero attached hydrogens (tertiary/aromatic N) is 1. The number of benzene rings is 11. The fourth-order valence-electron chi connectivity index (χ4n) is 9.91. The van der Waals surface area contributed by atoms with Gasteiger partial charge in [0.1, 0.15) is 11.2 Å². The molecule has 0 spiro atoms. The molecule has 0 amide bonds. The van der Waals surface area contributed by atoms with E-state index in [2.05, 4.69) is 254 Å². The standard InChI is InChI=1S/C64H41NOS/c1-4-15-42(16-5-1)45-31-33-54(34-32-45)65(58-25-14-24-56-55-23-12-13-26-62(55)67-64(56)58)59-39-53(41-61-63(59)57-38-48-21-10-11-22-49(48)40-60(57)66-61)47-29-27-46(28-30-47)52-36-50(43-17-6-2-7-18-43)35-51(37-52)44-19-8-3-9-20-44/h1-41H. The molecule has 11 aromatic carbocycles. The Hall–Kier alpha value is -8.50. The van der Waals surface area contributed by atoms with Gasteiger partial charge in [-0.2, -0.15) is 0 Å². The van der Waals surface area contributed by atoms with Crippen molar-refractivity contribution in [3.63, 3.8) is 0 Å². The average molecular weight is 872 g/mol. The summed E-state index contributed by atoms with van der Waals surface area (Å²) in [4.78, 5) is 2.47. The van der Waals surface area contributed by atoms with E-state index in [-0.39, 0.29) is 0 Å². The SMILES string of the molecule is c1ccc(-c2ccc(N(c3cccc4c3sc3ccccc34)c3cc(-c4ccc(-c5cc(-c6ccccc6)cc(-c6ccccc6)c5)cc4)cc4oc5cc6ccccc6cc5c34)cc2)cc1. The molecule has 0 radical (unpaired) electrons. The second kappa shape index (κ2) is 16.2. The molecule has 0 unspecified atom stereocenters. The van der Waals surface area contributed by atoms with Gasteiger partial charge in [-0.25, -0.2) is 0 Å². The topological polar surface area (TPSA) is 16.4 Å². The highest BCUT2D eigenvalue weighted by molar-refractivity contribution is 7.26. The summed E-state index contributed by atoms with van der Waals surface area (Å²) in [5.41, 5.74) is 16.6. The maximum atomic E-state index is 6.98. The van der Waals surface area contributed by atoms with Crippen molar-refractivity contribution in [1.82, 2.24) is 0 Å². The van der Waals surface area contributed by atoms with Crippen LogP contribution in [-0.2, 0) is 0 Å². The van der Waals surface area contributed by atoms with Gasteiger partial charge >= 0.3 is 0 Å². The molecule has 0 fully saturated rings. The summed E-state index contributed by atoms with van der Waals surface area (Å²) in [5.74, 6) is 0. The van der Waals surface area contributed by atoms with Gasteiger partial charge in [-0.05, 0) is 133 Å². The van der Waals surface area contributed by atoms with Crippen LogP contribution in [0.3, 0.4) is 0 Å². The van der Waals surface area contributed by atoms with Crippen LogP contribution in [-0.4, -0.2) is 0 Å². The number of hydrogen-bond donors (Lipinski definition) is 0.